The molecule has 94 valence electrons. The molecule has 7 nitrogen and oxygen atoms in total. The van der Waals surface area contributed by atoms with Gasteiger partial charge in [-0.05, 0) is 12.8 Å². The van der Waals surface area contributed by atoms with Gasteiger partial charge in [0, 0.05) is 25.7 Å². The number of carbonyl (C=O) groups is 4. The fraction of sp³-hybridized carbons (Fsp3) is 0.600. The third-order valence-electron chi connectivity index (χ3n) is 2.25. The molecule has 0 atom stereocenters. The molecule has 0 spiro atoms. The Morgan fingerprint density at radius 3 is 2.18 bits per heavy atom. The van der Waals surface area contributed by atoms with Crippen molar-refractivity contribution in [3.63, 3.8) is 0 Å². The predicted octanol–water partition coefficient (Wildman–Crippen LogP) is -0.361. The first-order chi connectivity index (χ1) is 8.00. The lowest BCUT2D eigenvalue weighted by atomic mass is 10.2. The number of imide groups is 1. The van der Waals surface area contributed by atoms with Crippen LogP contribution in [0.25, 0.3) is 0 Å². The van der Waals surface area contributed by atoms with Crippen LogP contribution in [-0.2, 0) is 24.0 Å². The molecular formula is C10H14N2O5. The van der Waals surface area contributed by atoms with Gasteiger partial charge in [-0.3, -0.25) is 14.4 Å². The Bertz CT molecular complexity index is 337. The average molecular weight is 242 g/mol. The normalized spacial score (nSPS) is 15.2. The minimum Gasteiger partial charge on any atom is -0.370 e. The van der Waals surface area contributed by atoms with E-state index in [1.54, 1.807) is 0 Å². The van der Waals surface area contributed by atoms with Gasteiger partial charge in [-0.15, -0.1) is 5.06 Å². The van der Waals surface area contributed by atoms with E-state index in [9.17, 15) is 19.2 Å². The molecule has 0 bridgehead atoms. The summed E-state index contributed by atoms with van der Waals surface area (Å²) in [6.45, 7) is 0. The van der Waals surface area contributed by atoms with Crippen molar-refractivity contribution in [2.45, 2.75) is 38.5 Å². The molecular weight excluding hydrogens is 228 g/mol. The average Bonchev–Trinajstić information content (AvgIpc) is 2.56. The summed E-state index contributed by atoms with van der Waals surface area (Å²) in [6.07, 6.45) is 1.31. The zero-order valence-corrected chi connectivity index (χ0v) is 9.31. The van der Waals surface area contributed by atoms with E-state index in [0.717, 1.165) is 0 Å². The molecule has 0 radical (unpaired) electrons. The zero-order chi connectivity index (χ0) is 12.8. The Labute approximate surface area is 97.8 Å². The highest BCUT2D eigenvalue weighted by Crippen LogP contribution is 2.13. The molecule has 0 aromatic heterocycles. The van der Waals surface area contributed by atoms with Crippen LogP contribution in [0.1, 0.15) is 38.5 Å². The second kappa shape index (κ2) is 5.97. The van der Waals surface area contributed by atoms with Crippen LogP contribution >= 0.6 is 0 Å². The number of carbonyl (C=O) groups excluding carboxylic acids is 4. The third-order valence-corrected chi connectivity index (χ3v) is 2.25. The van der Waals surface area contributed by atoms with E-state index >= 15 is 0 Å². The maximum atomic E-state index is 11.3. The van der Waals surface area contributed by atoms with Crippen LogP contribution in [0.5, 0.6) is 0 Å². The highest BCUT2D eigenvalue weighted by Gasteiger charge is 2.32. The van der Waals surface area contributed by atoms with E-state index in [2.05, 4.69) is 4.84 Å². The fourth-order valence-electron chi connectivity index (χ4n) is 1.37. The van der Waals surface area contributed by atoms with Gasteiger partial charge in [-0.25, -0.2) is 4.79 Å². The summed E-state index contributed by atoms with van der Waals surface area (Å²) in [5, 5.41) is 0.510. The topological polar surface area (TPSA) is 107 Å². The van der Waals surface area contributed by atoms with Crippen molar-refractivity contribution in [3.8, 4) is 0 Å². The summed E-state index contributed by atoms with van der Waals surface area (Å²) in [5.41, 5.74) is 4.93. The van der Waals surface area contributed by atoms with Gasteiger partial charge in [0.05, 0.1) is 0 Å². The Morgan fingerprint density at radius 1 is 1.12 bits per heavy atom. The number of unbranched alkanes of at least 4 members (excludes halogenated alkanes) is 1. The number of hydrogen-bond acceptors (Lipinski definition) is 5. The van der Waals surface area contributed by atoms with Crippen LogP contribution in [0.3, 0.4) is 0 Å². The molecule has 1 fully saturated rings. The zero-order valence-electron chi connectivity index (χ0n) is 9.31. The summed E-state index contributed by atoms with van der Waals surface area (Å²) in [7, 11) is 0. The van der Waals surface area contributed by atoms with Crippen LogP contribution in [0.4, 0.5) is 0 Å². The number of hydrogen-bond donors (Lipinski definition) is 1. The molecule has 0 unspecified atom stereocenters. The second-order valence-corrected chi connectivity index (χ2v) is 3.72. The van der Waals surface area contributed by atoms with Crippen molar-refractivity contribution < 1.29 is 24.0 Å². The Balaban J connectivity index is 2.23. The Morgan fingerprint density at radius 2 is 1.65 bits per heavy atom. The summed E-state index contributed by atoms with van der Waals surface area (Å²) in [5.74, 6) is -2.08. The smallest absolute Gasteiger partial charge is 0.333 e. The maximum Gasteiger partial charge on any atom is 0.333 e. The first kappa shape index (κ1) is 13.1. The van der Waals surface area contributed by atoms with Gasteiger partial charge in [-0.2, -0.15) is 0 Å². The van der Waals surface area contributed by atoms with Gasteiger partial charge in [-0.1, -0.05) is 0 Å². The van der Waals surface area contributed by atoms with Gasteiger partial charge in [0.25, 0.3) is 11.8 Å². The van der Waals surface area contributed by atoms with Crippen molar-refractivity contribution >= 4 is 23.7 Å². The van der Waals surface area contributed by atoms with Crippen LogP contribution < -0.4 is 5.73 Å². The molecule has 1 heterocycles. The van der Waals surface area contributed by atoms with Crippen molar-refractivity contribution in [1.29, 1.82) is 0 Å². The van der Waals surface area contributed by atoms with E-state index in [-0.39, 0.29) is 25.7 Å². The highest BCUT2D eigenvalue weighted by atomic mass is 16.7. The van der Waals surface area contributed by atoms with E-state index < -0.39 is 23.7 Å². The lowest BCUT2D eigenvalue weighted by Crippen LogP contribution is -2.31. The first-order valence-electron chi connectivity index (χ1n) is 5.35. The SMILES string of the molecule is NC(=O)CCCCC(=O)ON1C(=O)CCC1=O. The van der Waals surface area contributed by atoms with Crippen molar-refractivity contribution in [2.75, 3.05) is 0 Å². The molecule has 0 aromatic carbocycles. The highest BCUT2D eigenvalue weighted by molar-refractivity contribution is 6.01. The minimum absolute atomic E-state index is 0.0460. The summed E-state index contributed by atoms with van der Waals surface area (Å²) in [6, 6.07) is 0. The molecule has 17 heavy (non-hydrogen) atoms. The van der Waals surface area contributed by atoms with E-state index in [4.69, 9.17) is 5.73 Å². The van der Waals surface area contributed by atoms with Crippen molar-refractivity contribution in [2.24, 2.45) is 5.73 Å². The third kappa shape index (κ3) is 4.21. The quantitative estimate of drug-likeness (QED) is 0.505. The summed E-state index contributed by atoms with van der Waals surface area (Å²) in [4.78, 5) is 48.5. The van der Waals surface area contributed by atoms with Crippen LogP contribution in [0.15, 0.2) is 0 Å². The lowest BCUT2D eigenvalue weighted by molar-refractivity contribution is -0.197. The maximum absolute atomic E-state index is 11.3. The molecule has 0 saturated carbocycles. The van der Waals surface area contributed by atoms with E-state index in [1.165, 1.54) is 0 Å². The number of rotatable bonds is 6. The van der Waals surface area contributed by atoms with Crippen molar-refractivity contribution in [1.82, 2.24) is 5.06 Å². The molecule has 3 amide bonds. The molecule has 7 heteroatoms. The molecule has 1 saturated heterocycles. The van der Waals surface area contributed by atoms with E-state index in [1.807, 2.05) is 0 Å². The number of primary amides is 1. The van der Waals surface area contributed by atoms with Crippen LogP contribution in [-0.4, -0.2) is 28.8 Å². The van der Waals surface area contributed by atoms with Crippen LogP contribution in [0, 0.1) is 0 Å². The second-order valence-electron chi connectivity index (χ2n) is 3.72. The molecule has 1 aliphatic heterocycles. The summed E-state index contributed by atoms with van der Waals surface area (Å²) >= 11 is 0. The predicted molar refractivity (Wildman–Crippen MR) is 54.8 cm³/mol. The van der Waals surface area contributed by atoms with Crippen LogP contribution in [0.2, 0.25) is 0 Å². The van der Waals surface area contributed by atoms with Gasteiger partial charge in [0.1, 0.15) is 0 Å². The molecule has 0 aliphatic carbocycles. The van der Waals surface area contributed by atoms with Crippen molar-refractivity contribution in [3.05, 3.63) is 0 Å². The number of nitrogens with two attached hydrogens (primary N) is 1. The van der Waals surface area contributed by atoms with Gasteiger partial charge >= 0.3 is 5.97 Å². The monoisotopic (exact) mass is 242 g/mol. The van der Waals surface area contributed by atoms with E-state index in [0.29, 0.717) is 17.9 Å². The lowest BCUT2D eigenvalue weighted by Gasteiger charge is -2.12. The molecule has 2 N–H and O–H groups in total. The number of amides is 3. The first-order valence-corrected chi connectivity index (χ1v) is 5.35. The minimum atomic E-state index is -0.655. The van der Waals surface area contributed by atoms with Gasteiger partial charge < -0.3 is 10.6 Å². The summed E-state index contributed by atoms with van der Waals surface area (Å²) < 4.78 is 0. The number of hydroxylamine groups is 2. The standard InChI is InChI=1S/C10H14N2O5/c11-7(13)3-1-2-4-10(16)17-12-8(14)5-6-9(12)15/h1-6H2,(H2,11,13). The van der Waals surface area contributed by atoms with Gasteiger partial charge in [0.15, 0.2) is 0 Å². The Hall–Kier alpha value is -1.92. The fourth-order valence-corrected chi connectivity index (χ4v) is 1.37. The molecule has 1 aliphatic rings. The number of nitrogens with zero attached hydrogens (tertiary/aromatic N) is 1. The molecule has 1 rings (SSSR count). The van der Waals surface area contributed by atoms with Gasteiger partial charge in [0.2, 0.25) is 5.91 Å². The largest absolute Gasteiger partial charge is 0.370 e. The Kier molecular flexibility index (Phi) is 4.62. The molecule has 0 aromatic rings.